The topological polar surface area (TPSA) is 62.3 Å². The molecule has 1 aromatic heterocycles. The second kappa shape index (κ2) is 8.59. The number of carbonyl (C=O) groups excluding carboxylic acids is 2. The smallest absolute Gasteiger partial charge is 0.226 e. The van der Waals surface area contributed by atoms with Crippen molar-refractivity contribution in [2.75, 3.05) is 11.9 Å². The molecule has 0 aliphatic rings. The number of carbonyl (C=O) groups is 2. The van der Waals surface area contributed by atoms with Gasteiger partial charge in [0, 0.05) is 49.0 Å². The first-order valence-electron chi connectivity index (χ1n) is 7.66. The van der Waals surface area contributed by atoms with Gasteiger partial charge in [-0.05, 0) is 48.4 Å². The van der Waals surface area contributed by atoms with Crippen molar-refractivity contribution in [3.05, 3.63) is 58.3 Å². The van der Waals surface area contributed by atoms with Crippen molar-refractivity contribution in [1.29, 1.82) is 0 Å². The molecule has 0 unspecified atom stereocenters. The molecule has 126 valence electrons. The van der Waals surface area contributed by atoms with Gasteiger partial charge in [-0.3, -0.25) is 14.6 Å². The minimum atomic E-state index is -0.113. The summed E-state index contributed by atoms with van der Waals surface area (Å²) in [5, 5.41) is 2.86. The molecule has 5 nitrogen and oxygen atoms in total. The lowest BCUT2D eigenvalue weighted by Gasteiger charge is -2.21. The van der Waals surface area contributed by atoms with Gasteiger partial charge < -0.3 is 10.2 Å². The van der Waals surface area contributed by atoms with Crippen LogP contribution in [0.25, 0.3) is 0 Å². The number of benzene rings is 1. The Morgan fingerprint density at radius 1 is 1.21 bits per heavy atom. The summed E-state index contributed by atoms with van der Waals surface area (Å²) in [7, 11) is 0. The number of hydrogen-bond donors (Lipinski definition) is 1. The van der Waals surface area contributed by atoms with Gasteiger partial charge in [0.2, 0.25) is 11.8 Å². The van der Waals surface area contributed by atoms with E-state index in [0.717, 1.165) is 21.3 Å². The molecule has 2 aromatic rings. The van der Waals surface area contributed by atoms with E-state index in [2.05, 4.69) is 26.2 Å². The molecule has 6 heteroatoms. The lowest BCUT2D eigenvalue weighted by molar-refractivity contribution is -0.129. The van der Waals surface area contributed by atoms with Crippen LogP contribution in [0.3, 0.4) is 0 Å². The van der Waals surface area contributed by atoms with Crippen LogP contribution in [0.1, 0.15) is 24.5 Å². The molecule has 0 bridgehead atoms. The van der Waals surface area contributed by atoms with E-state index in [1.165, 1.54) is 6.92 Å². The predicted molar refractivity (Wildman–Crippen MR) is 97.5 cm³/mol. The molecule has 0 atom stereocenters. The minimum Gasteiger partial charge on any atom is -0.338 e. The van der Waals surface area contributed by atoms with E-state index in [-0.39, 0.29) is 18.2 Å². The summed E-state index contributed by atoms with van der Waals surface area (Å²) in [6.07, 6.45) is 3.63. The fourth-order valence-electron chi connectivity index (χ4n) is 2.24. The summed E-state index contributed by atoms with van der Waals surface area (Å²) in [4.78, 5) is 29.5. The highest BCUT2D eigenvalue weighted by atomic mass is 79.9. The Balaban J connectivity index is 1.90. The molecule has 0 aliphatic heterocycles. The van der Waals surface area contributed by atoms with Crippen LogP contribution < -0.4 is 5.32 Å². The number of aryl methyl sites for hydroxylation is 1. The van der Waals surface area contributed by atoms with E-state index < -0.39 is 0 Å². The lowest BCUT2D eigenvalue weighted by Crippen LogP contribution is -2.31. The molecule has 0 saturated carbocycles. The quantitative estimate of drug-likeness (QED) is 0.821. The van der Waals surface area contributed by atoms with Crippen LogP contribution >= 0.6 is 15.9 Å². The van der Waals surface area contributed by atoms with Crippen LogP contribution in [-0.2, 0) is 16.1 Å². The van der Waals surface area contributed by atoms with Gasteiger partial charge in [-0.1, -0.05) is 15.9 Å². The SMILES string of the molecule is CC(=O)N(CCC(=O)Nc1ccc(Br)c(C)c1)Cc1ccncc1. The fourth-order valence-corrected chi connectivity index (χ4v) is 2.49. The van der Waals surface area contributed by atoms with Crippen molar-refractivity contribution in [3.8, 4) is 0 Å². The zero-order valence-corrected chi connectivity index (χ0v) is 15.3. The van der Waals surface area contributed by atoms with Crippen molar-refractivity contribution in [2.45, 2.75) is 26.8 Å². The number of nitrogens with one attached hydrogen (secondary N) is 1. The van der Waals surface area contributed by atoms with E-state index in [1.807, 2.05) is 37.3 Å². The first-order chi connectivity index (χ1) is 11.5. The Hall–Kier alpha value is -2.21. The number of aromatic nitrogens is 1. The monoisotopic (exact) mass is 389 g/mol. The summed E-state index contributed by atoms with van der Waals surface area (Å²) in [5.74, 6) is -0.170. The van der Waals surface area contributed by atoms with E-state index in [9.17, 15) is 9.59 Å². The van der Waals surface area contributed by atoms with Crippen molar-refractivity contribution in [1.82, 2.24) is 9.88 Å². The van der Waals surface area contributed by atoms with E-state index in [0.29, 0.717) is 13.1 Å². The van der Waals surface area contributed by atoms with Gasteiger partial charge in [0.1, 0.15) is 0 Å². The predicted octanol–water partition coefficient (Wildman–Crippen LogP) is 3.53. The zero-order valence-electron chi connectivity index (χ0n) is 13.8. The van der Waals surface area contributed by atoms with Gasteiger partial charge in [-0.15, -0.1) is 0 Å². The highest BCUT2D eigenvalue weighted by Crippen LogP contribution is 2.20. The molecule has 0 radical (unpaired) electrons. The number of amides is 2. The number of pyridine rings is 1. The largest absolute Gasteiger partial charge is 0.338 e. The summed E-state index contributed by atoms with van der Waals surface area (Å²) in [6, 6.07) is 9.37. The Labute approximate surface area is 150 Å². The second-order valence-electron chi connectivity index (χ2n) is 5.56. The van der Waals surface area contributed by atoms with Gasteiger partial charge in [0.25, 0.3) is 0 Å². The van der Waals surface area contributed by atoms with Crippen LogP contribution in [-0.4, -0.2) is 28.2 Å². The van der Waals surface area contributed by atoms with Crippen LogP contribution in [0.4, 0.5) is 5.69 Å². The molecule has 1 N–H and O–H groups in total. The molecule has 0 aliphatic carbocycles. The van der Waals surface area contributed by atoms with Crippen LogP contribution in [0.15, 0.2) is 47.2 Å². The van der Waals surface area contributed by atoms with Gasteiger partial charge in [0.05, 0.1) is 0 Å². The Morgan fingerprint density at radius 2 is 1.92 bits per heavy atom. The van der Waals surface area contributed by atoms with Gasteiger partial charge in [0.15, 0.2) is 0 Å². The standard InChI is InChI=1S/C18H20BrN3O2/c1-13-11-16(3-4-17(13)19)21-18(24)7-10-22(14(2)23)12-15-5-8-20-9-6-15/h3-6,8-9,11H,7,10,12H2,1-2H3,(H,21,24). The maximum absolute atomic E-state index is 12.1. The molecule has 1 heterocycles. The number of nitrogens with zero attached hydrogens (tertiary/aromatic N) is 2. The highest BCUT2D eigenvalue weighted by molar-refractivity contribution is 9.10. The number of rotatable bonds is 6. The molecule has 0 saturated heterocycles. The van der Waals surface area contributed by atoms with Crippen molar-refractivity contribution < 1.29 is 9.59 Å². The average Bonchev–Trinajstić information content (AvgIpc) is 2.55. The molecular formula is C18H20BrN3O2. The van der Waals surface area contributed by atoms with Crippen LogP contribution in [0.5, 0.6) is 0 Å². The lowest BCUT2D eigenvalue weighted by atomic mass is 10.2. The zero-order chi connectivity index (χ0) is 17.5. The number of halogens is 1. The van der Waals surface area contributed by atoms with Crippen molar-refractivity contribution >= 4 is 33.4 Å². The highest BCUT2D eigenvalue weighted by Gasteiger charge is 2.12. The van der Waals surface area contributed by atoms with E-state index in [4.69, 9.17) is 0 Å². The Bertz CT molecular complexity index is 719. The first-order valence-corrected chi connectivity index (χ1v) is 8.45. The van der Waals surface area contributed by atoms with Crippen LogP contribution in [0, 0.1) is 6.92 Å². The summed E-state index contributed by atoms with van der Waals surface area (Å²) >= 11 is 3.43. The maximum atomic E-state index is 12.1. The minimum absolute atomic E-state index is 0.0564. The van der Waals surface area contributed by atoms with E-state index >= 15 is 0 Å². The average molecular weight is 390 g/mol. The molecule has 0 fully saturated rings. The summed E-state index contributed by atoms with van der Waals surface area (Å²) in [5.41, 5.74) is 2.80. The summed E-state index contributed by atoms with van der Waals surface area (Å²) < 4.78 is 1.00. The molecule has 2 amide bonds. The van der Waals surface area contributed by atoms with Gasteiger partial charge in [-0.25, -0.2) is 0 Å². The Kier molecular flexibility index (Phi) is 6.49. The fraction of sp³-hybridized carbons (Fsp3) is 0.278. The van der Waals surface area contributed by atoms with Gasteiger partial charge in [-0.2, -0.15) is 0 Å². The molecule has 2 rings (SSSR count). The van der Waals surface area contributed by atoms with Gasteiger partial charge >= 0.3 is 0 Å². The van der Waals surface area contributed by atoms with E-state index in [1.54, 1.807) is 17.3 Å². The second-order valence-corrected chi connectivity index (χ2v) is 6.41. The molecular weight excluding hydrogens is 370 g/mol. The van der Waals surface area contributed by atoms with Crippen LogP contribution in [0.2, 0.25) is 0 Å². The summed E-state index contributed by atoms with van der Waals surface area (Å²) in [6.45, 7) is 4.32. The normalized spacial score (nSPS) is 10.3. The first kappa shape index (κ1) is 18.1. The third-order valence-electron chi connectivity index (χ3n) is 3.62. The third kappa shape index (κ3) is 5.45. The number of anilines is 1. The number of hydrogen-bond acceptors (Lipinski definition) is 3. The Morgan fingerprint density at radius 3 is 2.54 bits per heavy atom. The third-order valence-corrected chi connectivity index (χ3v) is 4.51. The van der Waals surface area contributed by atoms with Crippen molar-refractivity contribution in [2.24, 2.45) is 0 Å². The van der Waals surface area contributed by atoms with Crippen molar-refractivity contribution in [3.63, 3.8) is 0 Å². The molecule has 0 spiro atoms. The molecule has 1 aromatic carbocycles. The molecule has 24 heavy (non-hydrogen) atoms. The maximum Gasteiger partial charge on any atom is 0.226 e.